The highest BCUT2D eigenvalue weighted by molar-refractivity contribution is 5.92. The number of aromatic carboxylic acids is 1. The third-order valence-electron chi connectivity index (χ3n) is 7.14. The van der Waals surface area contributed by atoms with Gasteiger partial charge in [-0.05, 0) is 42.0 Å². The number of nitrogens with zero attached hydrogens (tertiary/aromatic N) is 4. The average Bonchev–Trinajstić information content (AvgIpc) is 3.38. The van der Waals surface area contributed by atoms with Crippen LogP contribution < -0.4 is 10.1 Å². The molecule has 10 nitrogen and oxygen atoms in total. The largest absolute Gasteiger partial charge is 0.478 e. The highest BCUT2D eigenvalue weighted by Crippen LogP contribution is 2.25. The van der Waals surface area contributed by atoms with E-state index < -0.39 is 17.9 Å². The number of methoxy groups -OCH3 is 1. The number of carboxylic acid groups (broad SMARTS) is 1. The predicted molar refractivity (Wildman–Crippen MR) is 159 cm³/mol. The van der Waals surface area contributed by atoms with Crippen molar-refractivity contribution in [3.05, 3.63) is 113 Å². The van der Waals surface area contributed by atoms with E-state index in [4.69, 9.17) is 19.7 Å². The number of rotatable bonds is 11. The van der Waals surface area contributed by atoms with Crippen LogP contribution >= 0.6 is 0 Å². The van der Waals surface area contributed by atoms with Crippen molar-refractivity contribution in [2.45, 2.75) is 25.7 Å². The van der Waals surface area contributed by atoms with E-state index in [9.17, 15) is 19.1 Å². The minimum absolute atomic E-state index is 0.0360. The van der Waals surface area contributed by atoms with Crippen molar-refractivity contribution >= 4 is 22.9 Å². The summed E-state index contributed by atoms with van der Waals surface area (Å²) in [4.78, 5) is 33.3. The topological polar surface area (TPSA) is 139 Å². The molecule has 1 amide bonds. The SMILES string of the molecule is CNC(=O)[C@H](Cn1c(Cc2ccc(-c3cccc(OCc4ccc(C#N)cc4F)n3)cc2)nc2ccc(C(=O)O)cc21)OC. The van der Waals surface area contributed by atoms with Gasteiger partial charge in [-0.2, -0.15) is 5.26 Å². The number of nitriles is 1. The number of ether oxygens (including phenoxy) is 2. The van der Waals surface area contributed by atoms with Crippen LogP contribution in [0.25, 0.3) is 22.3 Å². The molecule has 0 unspecified atom stereocenters. The van der Waals surface area contributed by atoms with Crippen molar-refractivity contribution in [3.63, 3.8) is 0 Å². The van der Waals surface area contributed by atoms with E-state index in [2.05, 4.69) is 10.3 Å². The summed E-state index contributed by atoms with van der Waals surface area (Å²) in [6.07, 6.45) is -0.394. The monoisotopic (exact) mass is 593 g/mol. The van der Waals surface area contributed by atoms with Gasteiger partial charge in [0.15, 0.2) is 6.10 Å². The van der Waals surface area contributed by atoms with Gasteiger partial charge in [-0.15, -0.1) is 0 Å². The van der Waals surface area contributed by atoms with Crippen LogP contribution in [0.2, 0.25) is 0 Å². The Morgan fingerprint density at radius 3 is 2.55 bits per heavy atom. The number of imidazole rings is 1. The van der Waals surface area contributed by atoms with E-state index in [-0.39, 0.29) is 30.2 Å². The Labute approximate surface area is 252 Å². The highest BCUT2D eigenvalue weighted by Gasteiger charge is 2.22. The number of hydrogen-bond acceptors (Lipinski definition) is 7. The summed E-state index contributed by atoms with van der Waals surface area (Å²) in [5, 5.41) is 21.0. The number of benzene rings is 3. The van der Waals surface area contributed by atoms with Crippen molar-refractivity contribution in [2.75, 3.05) is 14.2 Å². The molecule has 0 aliphatic carbocycles. The maximum atomic E-state index is 14.2. The quantitative estimate of drug-likeness (QED) is 0.224. The van der Waals surface area contributed by atoms with Gasteiger partial charge >= 0.3 is 5.97 Å². The molecule has 5 rings (SSSR count). The van der Waals surface area contributed by atoms with Crippen LogP contribution in [0.1, 0.15) is 32.9 Å². The van der Waals surface area contributed by atoms with Gasteiger partial charge in [0.1, 0.15) is 18.2 Å². The van der Waals surface area contributed by atoms with Crippen LogP contribution in [0, 0.1) is 17.1 Å². The first-order valence-corrected chi connectivity index (χ1v) is 13.6. The number of carbonyl (C=O) groups excluding carboxylic acids is 1. The summed E-state index contributed by atoms with van der Waals surface area (Å²) >= 11 is 0. The number of hydrogen-bond donors (Lipinski definition) is 2. The number of likely N-dealkylation sites (N-methyl/N-ethyl adjacent to an activating group) is 1. The van der Waals surface area contributed by atoms with Gasteiger partial charge in [-0.3, -0.25) is 4.79 Å². The Hall–Kier alpha value is -5.60. The molecule has 11 heteroatoms. The molecule has 0 radical (unpaired) electrons. The third kappa shape index (κ3) is 6.56. The normalized spacial score (nSPS) is 11.6. The van der Waals surface area contributed by atoms with Crippen molar-refractivity contribution in [1.29, 1.82) is 5.26 Å². The first-order chi connectivity index (χ1) is 21.3. The predicted octanol–water partition coefficient (Wildman–Crippen LogP) is 4.74. The maximum Gasteiger partial charge on any atom is 0.335 e. The van der Waals surface area contributed by atoms with Crippen LogP contribution in [-0.4, -0.2) is 51.8 Å². The smallest absolute Gasteiger partial charge is 0.335 e. The first-order valence-electron chi connectivity index (χ1n) is 13.6. The van der Waals surface area contributed by atoms with Crippen LogP contribution in [0.4, 0.5) is 4.39 Å². The second-order valence-corrected chi connectivity index (χ2v) is 9.93. The summed E-state index contributed by atoms with van der Waals surface area (Å²) in [5.41, 5.74) is 4.30. The van der Waals surface area contributed by atoms with Crippen molar-refractivity contribution in [2.24, 2.45) is 0 Å². The molecule has 3 aromatic carbocycles. The van der Waals surface area contributed by atoms with Crippen LogP contribution in [0.5, 0.6) is 5.88 Å². The highest BCUT2D eigenvalue weighted by atomic mass is 19.1. The van der Waals surface area contributed by atoms with Gasteiger partial charge in [0.2, 0.25) is 5.88 Å². The number of carboxylic acids is 1. The lowest BCUT2D eigenvalue weighted by molar-refractivity contribution is -0.131. The van der Waals surface area contributed by atoms with Gasteiger partial charge in [-0.1, -0.05) is 36.4 Å². The molecule has 2 heterocycles. The average molecular weight is 594 g/mol. The van der Waals surface area contributed by atoms with Crippen LogP contribution in [0.15, 0.2) is 78.9 Å². The molecule has 0 fully saturated rings. The Kier molecular flexibility index (Phi) is 8.93. The molecule has 0 saturated carbocycles. The minimum atomic E-state index is -1.06. The number of pyridine rings is 1. The Morgan fingerprint density at radius 2 is 1.86 bits per heavy atom. The lowest BCUT2D eigenvalue weighted by atomic mass is 10.1. The second kappa shape index (κ2) is 13.1. The number of halogens is 1. The Morgan fingerprint density at radius 1 is 1.07 bits per heavy atom. The lowest BCUT2D eigenvalue weighted by Crippen LogP contribution is -2.36. The fourth-order valence-electron chi connectivity index (χ4n) is 4.75. The van der Waals surface area contributed by atoms with Crippen molar-refractivity contribution in [1.82, 2.24) is 19.9 Å². The summed E-state index contributed by atoms with van der Waals surface area (Å²) in [6, 6.07) is 23.9. The molecule has 0 saturated heterocycles. The van der Waals surface area contributed by atoms with Gasteiger partial charge in [0, 0.05) is 37.8 Å². The third-order valence-corrected chi connectivity index (χ3v) is 7.14. The van der Waals surface area contributed by atoms with E-state index >= 15 is 0 Å². The summed E-state index contributed by atoms with van der Waals surface area (Å²) in [6.45, 7) is 0.109. The number of nitrogens with one attached hydrogen (secondary N) is 1. The van der Waals surface area contributed by atoms with E-state index in [1.165, 1.54) is 38.4 Å². The van der Waals surface area contributed by atoms with Crippen LogP contribution in [0.3, 0.4) is 0 Å². The summed E-state index contributed by atoms with van der Waals surface area (Å²) in [7, 11) is 2.97. The van der Waals surface area contributed by atoms with Gasteiger partial charge < -0.3 is 24.5 Å². The molecule has 2 N–H and O–H groups in total. The van der Waals surface area contributed by atoms with Gasteiger partial charge in [-0.25, -0.2) is 19.2 Å². The number of fused-ring (bicyclic) bond motifs is 1. The van der Waals surface area contributed by atoms with Gasteiger partial charge in [0.05, 0.1) is 40.5 Å². The van der Waals surface area contributed by atoms with Crippen molar-refractivity contribution in [3.8, 4) is 23.2 Å². The molecule has 1 atom stereocenters. The fraction of sp³-hybridized carbons (Fsp3) is 0.182. The molecule has 2 aromatic heterocycles. The summed E-state index contributed by atoms with van der Waals surface area (Å²) < 4.78 is 27.2. The van der Waals surface area contributed by atoms with E-state index in [1.807, 2.05) is 41.0 Å². The number of aromatic nitrogens is 3. The zero-order valence-electron chi connectivity index (χ0n) is 24.0. The van der Waals surface area contributed by atoms with Crippen LogP contribution in [-0.2, 0) is 29.1 Å². The molecule has 222 valence electrons. The zero-order valence-corrected chi connectivity index (χ0v) is 24.0. The molecule has 0 aliphatic heterocycles. The fourth-order valence-corrected chi connectivity index (χ4v) is 4.75. The Balaban J connectivity index is 1.36. The molecule has 0 aliphatic rings. The number of carbonyl (C=O) groups is 2. The maximum absolute atomic E-state index is 14.2. The summed E-state index contributed by atoms with van der Waals surface area (Å²) in [5.74, 6) is -0.910. The lowest BCUT2D eigenvalue weighted by Gasteiger charge is -2.17. The van der Waals surface area contributed by atoms with E-state index in [1.54, 1.807) is 24.3 Å². The van der Waals surface area contributed by atoms with Crippen molar-refractivity contribution < 1.29 is 28.6 Å². The zero-order chi connectivity index (χ0) is 31.2. The first kappa shape index (κ1) is 29.9. The Bertz CT molecular complexity index is 1880. The molecule has 0 spiro atoms. The van der Waals surface area contributed by atoms with E-state index in [0.717, 1.165) is 11.1 Å². The van der Waals surface area contributed by atoms with Gasteiger partial charge in [0.25, 0.3) is 5.91 Å². The standard InChI is InChI=1S/C33H28FN5O5/c1-36-32(40)29(43-2)18-39-28-16-23(33(41)42)12-13-27(28)37-30(39)15-20-6-9-22(10-7-20)26-4-3-5-31(38-26)44-19-24-11-8-21(17-35)14-25(24)34/h3-14,16,29H,15,18-19H2,1-2H3,(H,36,40)(H,41,42)/t29-/m0/s1. The molecule has 44 heavy (non-hydrogen) atoms. The molecule has 0 bridgehead atoms. The van der Waals surface area contributed by atoms with E-state index in [0.29, 0.717) is 40.4 Å². The number of amides is 1. The molecular formula is C33H28FN5O5. The second-order valence-electron chi connectivity index (χ2n) is 9.93. The molecule has 5 aromatic rings. The molecular weight excluding hydrogens is 565 g/mol. The minimum Gasteiger partial charge on any atom is -0.478 e.